The van der Waals surface area contributed by atoms with Gasteiger partial charge in [0.05, 0.1) is 6.61 Å². The maximum atomic E-state index is 12.5. The van der Waals surface area contributed by atoms with E-state index in [2.05, 4.69) is 80.3 Å². The fourth-order valence-electron chi connectivity index (χ4n) is 7.50. The van der Waals surface area contributed by atoms with E-state index in [0.717, 1.165) is 66.8 Å². The molecule has 6 aromatic rings. The zero-order valence-corrected chi connectivity index (χ0v) is 34.1. The van der Waals surface area contributed by atoms with Crippen molar-refractivity contribution < 1.29 is 23.9 Å². The van der Waals surface area contributed by atoms with Crippen molar-refractivity contribution in [3.8, 4) is 22.3 Å². The molecule has 0 saturated heterocycles. The molecule has 0 bridgehead atoms. The van der Waals surface area contributed by atoms with E-state index in [1.165, 1.54) is 65.4 Å². The van der Waals surface area contributed by atoms with E-state index in [4.69, 9.17) is 4.74 Å². The number of hydrogen-bond donors (Lipinski definition) is 0. The fraction of sp³-hybridized carbons (Fsp3) is 0.275. The topological polar surface area (TPSA) is 98.7 Å². The number of anilines is 1. The molecule has 0 unspecified atom stereocenters. The summed E-state index contributed by atoms with van der Waals surface area (Å²) in [6, 6.07) is 37.3. The molecule has 0 amide bonds. The molecule has 0 N–H and O–H groups in total. The number of aldehydes is 1. The lowest BCUT2D eigenvalue weighted by molar-refractivity contribution is -0.110. The molecule has 2 aromatic heterocycles. The lowest BCUT2D eigenvalue weighted by atomic mass is 9.98. The van der Waals surface area contributed by atoms with Gasteiger partial charge in [0.15, 0.2) is 11.6 Å². The molecule has 0 atom stereocenters. The second kappa shape index (κ2) is 22.2. The first kappa shape index (κ1) is 42.5. The second-order valence-electron chi connectivity index (χ2n) is 14.8. The number of carbonyl (C=O) groups is 3. The molecule has 0 fully saturated rings. The van der Waals surface area contributed by atoms with Gasteiger partial charge < -0.3 is 19.2 Å². The highest BCUT2D eigenvalue weighted by atomic mass is 16.5. The zero-order valence-electron chi connectivity index (χ0n) is 34.1. The van der Waals surface area contributed by atoms with Crippen molar-refractivity contribution in [1.29, 1.82) is 0 Å². The van der Waals surface area contributed by atoms with Gasteiger partial charge in [-0.25, -0.2) is 0 Å². The summed E-state index contributed by atoms with van der Waals surface area (Å²) in [5.74, 6) is 0.354. The number of benzene rings is 4. The summed E-state index contributed by atoms with van der Waals surface area (Å²) < 4.78 is 9.54. The number of hydrogen-bond acceptors (Lipinski definition) is 8. The van der Waals surface area contributed by atoms with E-state index in [1.807, 2.05) is 60.9 Å². The van der Waals surface area contributed by atoms with Crippen LogP contribution in [0.2, 0.25) is 0 Å². The minimum atomic E-state index is 0.170. The van der Waals surface area contributed by atoms with Gasteiger partial charge in [0, 0.05) is 81.8 Å². The molecular weight excluding hydrogens is 735 g/mol. The van der Waals surface area contributed by atoms with Gasteiger partial charge in [-0.05, 0) is 113 Å². The SMILES string of the molecule is COCC=O.COCCN1CCc2cc(-c3ccc(C(=O)CCc4cccnc4)cc3)ccc21.O=C(CCc1cccnc1)c1ccc(-c2ccc3c(c2)CCC3)cc1. The predicted octanol–water partition coefficient (Wildman–Crippen LogP) is 9.46. The number of rotatable bonds is 15. The molecular formula is C51H53N3O5. The monoisotopic (exact) mass is 787 g/mol. The van der Waals surface area contributed by atoms with E-state index in [-0.39, 0.29) is 18.2 Å². The number of aromatic nitrogens is 2. The Kier molecular flexibility index (Phi) is 16.0. The molecule has 59 heavy (non-hydrogen) atoms. The number of nitrogens with zero attached hydrogens (tertiary/aromatic N) is 3. The normalized spacial score (nSPS) is 12.3. The molecule has 0 saturated carbocycles. The summed E-state index contributed by atoms with van der Waals surface area (Å²) in [6.45, 7) is 2.93. The molecule has 4 aromatic carbocycles. The fourth-order valence-corrected chi connectivity index (χ4v) is 7.50. The number of aryl methyl sites for hydroxylation is 4. The van der Waals surface area contributed by atoms with Gasteiger partial charge in [-0.1, -0.05) is 84.9 Å². The van der Waals surface area contributed by atoms with Crippen LogP contribution in [0.5, 0.6) is 0 Å². The van der Waals surface area contributed by atoms with Crippen LogP contribution in [0.3, 0.4) is 0 Å². The van der Waals surface area contributed by atoms with Crippen LogP contribution in [0.1, 0.15) is 67.8 Å². The Morgan fingerprint density at radius 1 is 0.627 bits per heavy atom. The van der Waals surface area contributed by atoms with Gasteiger partial charge in [-0.3, -0.25) is 19.6 Å². The molecule has 8 rings (SSSR count). The number of methoxy groups -OCH3 is 2. The number of pyridine rings is 2. The highest BCUT2D eigenvalue weighted by molar-refractivity contribution is 5.97. The Hall–Kier alpha value is -6.09. The lowest BCUT2D eigenvalue weighted by Gasteiger charge is -2.19. The van der Waals surface area contributed by atoms with Gasteiger partial charge in [-0.2, -0.15) is 0 Å². The minimum absolute atomic E-state index is 0.170. The summed E-state index contributed by atoms with van der Waals surface area (Å²) >= 11 is 0. The van der Waals surface area contributed by atoms with Gasteiger partial charge in [0.2, 0.25) is 0 Å². The Labute approximate surface area is 348 Å². The molecule has 0 spiro atoms. The number of ether oxygens (including phenoxy) is 2. The van der Waals surface area contributed by atoms with Crippen molar-refractivity contribution in [2.45, 2.75) is 51.4 Å². The highest BCUT2D eigenvalue weighted by Crippen LogP contribution is 2.33. The van der Waals surface area contributed by atoms with Crippen LogP contribution in [-0.2, 0) is 46.4 Å². The summed E-state index contributed by atoms with van der Waals surface area (Å²) in [5.41, 5.74) is 14.2. The van der Waals surface area contributed by atoms with Crippen molar-refractivity contribution in [3.63, 3.8) is 0 Å². The second-order valence-corrected chi connectivity index (χ2v) is 14.8. The zero-order chi connectivity index (χ0) is 41.2. The van der Waals surface area contributed by atoms with Gasteiger partial charge >= 0.3 is 0 Å². The van der Waals surface area contributed by atoms with E-state index >= 15 is 0 Å². The third-order valence-electron chi connectivity index (χ3n) is 10.8. The molecule has 8 nitrogen and oxygen atoms in total. The smallest absolute Gasteiger partial charge is 0.163 e. The Morgan fingerprint density at radius 2 is 1.17 bits per heavy atom. The molecule has 1 aliphatic carbocycles. The van der Waals surface area contributed by atoms with E-state index in [1.54, 1.807) is 19.5 Å². The van der Waals surface area contributed by atoms with Crippen LogP contribution in [0, 0.1) is 0 Å². The largest absolute Gasteiger partial charge is 0.383 e. The van der Waals surface area contributed by atoms with Gasteiger partial charge in [-0.15, -0.1) is 0 Å². The number of ketones is 2. The molecule has 3 heterocycles. The van der Waals surface area contributed by atoms with Crippen LogP contribution in [-0.4, -0.2) is 68.3 Å². The number of carbonyl (C=O) groups excluding carboxylic acids is 3. The standard InChI is InChI=1S/C25H26N2O2.C23H21NO.C3H6O2/c1-29-16-15-27-14-12-23-17-22(9-10-24(23)27)20-5-7-21(8-6-20)25(28)11-4-19-3-2-13-26-18-19;25-23(13-6-17-3-2-14-24-16-17)20-10-7-19(8-11-20)22-12-9-18-4-1-5-21(18)15-22;1-5-3-2-4/h2-3,5-10,13,17-18H,4,11-12,14-16H2,1H3;2-3,7-12,14-16H,1,4-6,13H2;2H,3H2,1H3. The Bertz CT molecular complexity index is 2260. The minimum Gasteiger partial charge on any atom is -0.383 e. The quantitative estimate of drug-likeness (QED) is 0.0750. The average Bonchev–Trinajstić information content (AvgIpc) is 3.95. The lowest BCUT2D eigenvalue weighted by Crippen LogP contribution is -2.24. The summed E-state index contributed by atoms with van der Waals surface area (Å²) in [6.07, 6.45) is 15.1. The van der Waals surface area contributed by atoms with E-state index in [0.29, 0.717) is 19.1 Å². The number of fused-ring (bicyclic) bond motifs is 2. The Morgan fingerprint density at radius 3 is 1.68 bits per heavy atom. The van der Waals surface area contributed by atoms with E-state index < -0.39 is 0 Å². The van der Waals surface area contributed by atoms with Crippen LogP contribution in [0.25, 0.3) is 22.3 Å². The molecule has 0 radical (unpaired) electrons. The molecule has 2 aliphatic rings. The maximum Gasteiger partial charge on any atom is 0.163 e. The summed E-state index contributed by atoms with van der Waals surface area (Å²) in [7, 11) is 3.22. The molecule has 1 aliphatic heterocycles. The van der Waals surface area contributed by atoms with Crippen molar-refractivity contribution in [3.05, 3.63) is 173 Å². The highest BCUT2D eigenvalue weighted by Gasteiger charge is 2.19. The van der Waals surface area contributed by atoms with Crippen LogP contribution in [0.4, 0.5) is 5.69 Å². The third kappa shape index (κ3) is 12.2. The number of Topliss-reactive ketones (excluding diaryl/α,β-unsaturated/α-hetero) is 2. The van der Waals surface area contributed by atoms with Gasteiger partial charge in [0.25, 0.3) is 0 Å². The molecule has 8 heteroatoms. The first-order valence-electron chi connectivity index (χ1n) is 20.4. The summed E-state index contributed by atoms with van der Waals surface area (Å²) in [4.78, 5) is 44.8. The van der Waals surface area contributed by atoms with Gasteiger partial charge in [0.1, 0.15) is 12.9 Å². The average molecular weight is 788 g/mol. The van der Waals surface area contributed by atoms with Crippen molar-refractivity contribution in [2.24, 2.45) is 0 Å². The van der Waals surface area contributed by atoms with Crippen LogP contribution >= 0.6 is 0 Å². The predicted molar refractivity (Wildman–Crippen MR) is 235 cm³/mol. The van der Waals surface area contributed by atoms with Crippen molar-refractivity contribution in [2.75, 3.05) is 45.4 Å². The first-order valence-corrected chi connectivity index (χ1v) is 20.4. The Balaban J connectivity index is 0.000000180. The van der Waals surface area contributed by atoms with Crippen molar-refractivity contribution in [1.82, 2.24) is 9.97 Å². The molecule has 302 valence electrons. The van der Waals surface area contributed by atoms with Crippen molar-refractivity contribution >= 4 is 23.5 Å². The van der Waals surface area contributed by atoms with E-state index in [9.17, 15) is 14.4 Å². The summed E-state index contributed by atoms with van der Waals surface area (Å²) in [5, 5.41) is 0. The van der Waals surface area contributed by atoms with Crippen LogP contribution in [0.15, 0.2) is 134 Å². The third-order valence-corrected chi connectivity index (χ3v) is 10.8. The van der Waals surface area contributed by atoms with Crippen LogP contribution < -0.4 is 4.90 Å². The maximum absolute atomic E-state index is 12.5. The first-order chi connectivity index (χ1) is 28.9.